The molecule has 4 aromatic rings. The van der Waals surface area contributed by atoms with Gasteiger partial charge < -0.3 is 16.0 Å². The number of pyridine rings is 1. The monoisotopic (exact) mass is 398 g/mol. The summed E-state index contributed by atoms with van der Waals surface area (Å²) in [6.45, 7) is 1.72. The average Bonchev–Trinajstić information content (AvgIpc) is 3.20. The van der Waals surface area contributed by atoms with E-state index in [1.807, 2.05) is 42.5 Å². The zero-order chi connectivity index (χ0) is 20.7. The Labute approximate surface area is 171 Å². The minimum absolute atomic E-state index is 0.305. The van der Waals surface area contributed by atoms with Crippen molar-refractivity contribution in [2.45, 2.75) is 13.0 Å². The Hall–Kier alpha value is -4.20. The Bertz CT molecular complexity index is 1340. The molecular weight excluding hydrogens is 380 g/mol. The van der Waals surface area contributed by atoms with Gasteiger partial charge in [0.2, 0.25) is 0 Å². The van der Waals surface area contributed by atoms with E-state index in [1.165, 1.54) is 0 Å². The molecular formula is C22H18N6O2. The van der Waals surface area contributed by atoms with Gasteiger partial charge in [0.05, 0.1) is 28.8 Å². The van der Waals surface area contributed by atoms with Gasteiger partial charge in [0.1, 0.15) is 0 Å². The number of benzene rings is 2. The Balaban J connectivity index is 1.51. The number of hydrogen-bond donors (Lipinski definition) is 4. The molecule has 2 aromatic heterocycles. The van der Waals surface area contributed by atoms with Crippen molar-refractivity contribution >= 4 is 39.4 Å². The lowest BCUT2D eigenvalue weighted by Crippen LogP contribution is -2.46. The number of carbonyl (C=O) groups is 2. The molecule has 1 aliphatic heterocycles. The maximum atomic E-state index is 13.2. The first-order valence-corrected chi connectivity index (χ1v) is 9.46. The molecule has 8 heteroatoms. The molecule has 8 nitrogen and oxygen atoms in total. The second kappa shape index (κ2) is 7.00. The zero-order valence-electron chi connectivity index (χ0n) is 16.1. The Morgan fingerprint density at radius 3 is 2.83 bits per heavy atom. The fraction of sp³-hybridized carbons (Fsp3) is 0.0909. The van der Waals surface area contributed by atoms with Crippen molar-refractivity contribution in [1.29, 1.82) is 0 Å². The fourth-order valence-corrected chi connectivity index (χ4v) is 3.71. The molecule has 0 fully saturated rings. The average molecular weight is 398 g/mol. The smallest absolute Gasteiger partial charge is 0.319 e. The van der Waals surface area contributed by atoms with Crippen molar-refractivity contribution in [1.82, 2.24) is 25.8 Å². The summed E-state index contributed by atoms with van der Waals surface area (Å²) in [5, 5.41) is 17.2. The van der Waals surface area contributed by atoms with Crippen molar-refractivity contribution in [2.24, 2.45) is 0 Å². The molecule has 3 heterocycles. The van der Waals surface area contributed by atoms with Gasteiger partial charge in [0, 0.05) is 28.4 Å². The highest BCUT2D eigenvalue weighted by Crippen LogP contribution is 2.29. The molecule has 30 heavy (non-hydrogen) atoms. The number of amides is 3. The van der Waals surface area contributed by atoms with Gasteiger partial charge >= 0.3 is 6.03 Å². The number of anilines is 1. The van der Waals surface area contributed by atoms with E-state index in [4.69, 9.17) is 0 Å². The van der Waals surface area contributed by atoms with Crippen molar-refractivity contribution in [3.63, 3.8) is 0 Å². The van der Waals surface area contributed by atoms with E-state index in [0.29, 0.717) is 17.0 Å². The third-order valence-corrected chi connectivity index (χ3v) is 5.16. The second-order valence-corrected chi connectivity index (χ2v) is 7.16. The molecule has 0 saturated carbocycles. The molecule has 0 radical (unpaired) electrons. The van der Waals surface area contributed by atoms with Crippen LogP contribution in [0.3, 0.4) is 0 Å². The lowest BCUT2D eigenvalue weighted by molar-refractivity contribution is -0.113. The van der Waals surface area contributed by atoms with Gasteiger partial charge in [-0.2, -0.15) is 5.10 Å². The molecule has 0 saturated heterocycles. The summed E-state index contributed by atoms with van der Waals surface area (Å²) in [5.41, 5.74) is 4.04. The van der Waals surface area contributed by atoms with Crippen LogP contribution in [0.5, 0.6) is 0 Å². The van der Waals surface area contributed by atoms with Crippen LogP contribution in [-0.4, -0.2) is 27.1 Å². The van der Waals surface area contributed by atoms with Crippen LogP contribution >= 0.6 is 0 Å². The second-order valence-electron chi connectivity index (χ2n) is 7.16. The van der Waals surface area contributed by atoms with Gasteiger partial charge in [-0.25, -0.2) is 4.79 Å². The summed E-state index contributed by atoms with van der Waals surface area (Å²) in [5.74, 6) is -0.305. The van der Waals surface area contributed by atoms with Gasteiger partial charge in [0.25, 0.3) is 5.91 Å². The summed E-state index contributed by atoms with van der Waals surface area (Å²) in [6.07, 6.45) is 3.39. The molecule has 1 atom stereocenters. The molecule has 0 aliphatic carbocycles. The standard InChI is InChI=1S/C22H18N6O2/c1-12-19(21(29)26-16-6-7-18-14(9-16)11-24-28-18)20(27-22(30)25-12)15-8-13-4-2-3-5-17(13)23-10-15/h2-11,20H,1H3,(H,24,28)(H,26,29)(H2,25,27,30). The summed E-state index contributed by atoms with van der Waals surface area (Å²) < 4.78 is 0. The number of rotatable bonds is 3. The van der Waals surface area contributed by atoms with Crippen molar-refractivity contribution in [3.8, 4) is 0 Å². The van der Waals surface area contributed by atoms with Crippen LogP contribution in [0.15, 0.2) is 72.2 Å². The maximum Gasteiger partial charge on any atom is 0.319 e. The van der Waals surface area contributed by atoms with E-state index in [9.17, 15) is 9.59 Å². The van der Waals surface area contributed by atoms with Gasteiger partial charge in [-0.15, -0.1) is 0 Å². The predicted octanol–water partition coefficient (Wildman–Crippen LogP) is 3.38. The molecule has 1 aliphatic rings. The molecule has 148 valence electrons. The van der Waals surface area contributed by atoms with Gasteiger partial charge in [-0.1, -0.05) is 18.2 Å². The molecule has 2 aromatic carbocycles. The first-order chi connectivity index (χ1) is 14.6. The van der Waals surface area contributed by atoms with E-state index >= 15 is 0 Å². The SMILES string of the molecule is CC1=C(C(=O)Nc2ccc3[nH]ncc3c2)C(c2cnc3ccccc3c2)NC(=O)N1. The van der Waals surface area contributed by atoms with E-state index in [2.05, 4.69) is 31.1 Å². The quantitative estimate of drug-likeness (QED) is 0.424. The minimum atomic E-state index is -0.617. The predicted molar refractivity (Wildman–Crippen MR) is 114 cm³/mol. The first kappa shape index (κ1) is 17.9. The Kier molecular flexibility index (Phi) is 4.17. The number of hydrogen-bond acceptors (Lipinski definition) is 4. The third kappa shape index (κ3) is 3.14. The van der Waals surface area contributed by atoms with E-state index in [1.54, 1.807) is 25.4 Å². The van der Waals surface area contributed by atoms with Crippen LogP contribution < -0.4 is 16.0 Å². The van der Waals surface area contributed by atoms with Crippen LogP contribution in [-0.2, 0) is 4.79 Å². The number of aromatic nitrogens is 3. The van der Waals surface area contributed by atoms with Crippen LogP contribution in [0.4, 0.5) is 10.5 Å². The highest BCUT2D eigenvalue weighted by atomic mass is 16.2. The number of carbonyl (C=O) groups excluding carboxylic acids is 2. The van der Waals surface area contributed by atoms with Crippen LogP contribution in [0, 0.1) is 0 Å². The number of H-pyrrole nitrogens is 1. The minimum Gasteiger partial charge on any atom is -0.327 e. The van der Waals surface area contributed by atoms with Crippen molar-refractivity contribution < 1.29 is 9.59 Å². The van der Waals surface area contributed by atoms with E-state index < -0.39 is 6.04 Å². The number of para-hydroxylation sites is 1. The lowest BCUT2D eigenvalue weighted by atomic mass is 9.95. The van der Waals surface area contributed by atoms with Crippen LogP contribution in [0.1, 0.15) is 18.5 Å². The highest BCUT2D eigenvalue weighted by molar-refractivity contribution is 6.07. The van der Waals surface area contributed by atoms with Crippen LogP contribution in [0.25, 0.3) is 21.8 Å². The lowest BCUT2D eigenvalue weighted by Gasteiger charge is -2.28. The first-order valence-electron chi connectivity index (χ1n) is 9.46. The van der Waals surface area contributed by atoms with Gasteiger partial charge in [-0.05, 0) is 42.8 Å². The topological polar surface area (TPSA) is 112 Å². The Morgan fingerprint density at radius 2 is 1.93 bits per heavy atom. The van der Waals surface area contributed by atoms with Gasteiger partial charge in [0.15, 0.2) is 0 Å². The van der Waals surface area contributed by atoms with Crippen molar-refractivity contribution in [3.05, 3.63) is 77.8 Å². The molecule has 1 unspecified atom stereocenters. The normalized spacial score (nSPS) is 16.4. The number of urea groups is 1. The zero-order valence-corrected chi connectivity index (χ0v) is 16.1. The van der Waals surface area contributed by atoms with Gasteiger partial charge in [-0.3, -0.25) is 14.9 Å². The number of allylic oxidation sites excluding steroid dienone is 1. The largest absolute Gasteiger partial charge is 0.327 e. The highest BCUT2D eigenvalue weighted by Gasteiger charge is 2.31. The fourth-order valence-electron chi connectivity index (χ4n) is 3.71. The van der Waals surface area contributed by atoms with E-state index in [-0.39, 0.29) is 11.9 Å². The summed E-state index contributed by atoms with van der Waals surface area (Å²) in [7, 11) is 0. The molecule has 5 rings (SSSR count). The number of aromatic amines is 1. The molecule has 3 amide bonds. The number of fused-ring (bicyclic) bond motifs is 2. The van der Waals surface area contributed by atoms with E-state index in [0.717, 1.165) is 27.4 Å². The summed E-state index contributed by atoms with van der Waals surface area (Å²) >= 11 is 0. The maximum absolute atomic E-state index is 13.2. The summed E-state index contributed by atoms with van der Waals surface area (Å²) in [6, 6.07) is 14.2. The molecule has 4 N–H and O–H groups in total. The molecule has 0 bridgehead atoms. The molecule has 0 spiro atoms. The number of nitrogens with zero attached hydrogens (tertiary/aromatic N) is 2. The summed E-state index contributed by atoms with van der Waals surface area (Å²) in [4.78, 5) is 29.8. The van der Waals surface area contributed by atoms with Crippen molar-refractivity contribution in [2.75, 3.05) is 5.32 Å². The Morgan fingerprint density at radius 1 is 1.07 bits per heavy atom. The van der Waals surface area contributed by atoms with Crippen LogP contribution in [0.2, 0.25) is 0 Å². The third-order valence-electron chi connectivity index (χ3n) is 5.16. The number of nitrogens with one attached hydrogen (secondary N) is 4.